The zero-order chi connectivity index (χ0) is 14.5. The Morgan fingerprint density at radius 3 is 3.00 bits per heavy atom. The molecule has 20 heavy (non-hydrogen) atoms. The first-order valence-corrected chi connectivity index (χ1v) is 6.13. The van der Waals surface area contributed by atoms with Gasteiger partial charge in [0.15, 0.2) is 5.11 Å². The van der Waals surface area contributed by atoms with Crippen LogP contribution in [0.1, 0.15) is 12.6 Å². The molecule has 0 spiro atoms. The molecule has 0 atom stereocenters. The van der Waals surface area contributed by atoms with Crippen molar-refractivity contribution in [1.82, 2.24) is 10.4 Å². The molecule has 0 unspecified atom stereocenters. The molecule has 1 aromatic heterocycles. The highest BCUT2D eigenvalue weighted by molar-refractivity contribution is 7.80. The second-order valence-electron chi connectivity index (χ2n) is 3.91. The van der Waals surface area contributed by atoms with E-state index in [1.54, 1.807) is 18.3 Å². The van der Waals surface area contributed by atoms with Gasteiger partial charge in [-0.05, 0) is 35.8 Å². The molecule has 3 N–H and O–H groups in total. The molecule has 1 aromatic carbocycles. The lowest BCUT2D eigenvalue weighted by molar-refractivity contribution is -0.131. The van der Waals surface area contributed by atoms with E-state index in [9.17, 15) is 4.79 Å². The van der Waals surface area contributed by atoms with Gasteiger partial charge in [0, 0.05) is 18.5 Å². The maximum atomic E-state index is 11.0. The Morgan fingerprint density at radius 1 is 1.50 bits per heavy atom. The number of aromatic nitrogens is 1. The van der Waals surface area contributed by atoms with Crippen molar-refractivity contribution in [3.8, 4) is 5.75 Å². The summed E-state index contributed by atoms with van der Waals surface area (Å²) in [6, 6.07) is 7.14. The van der Waals surface area contributed by atoms with E-state index in [2.05, 4.69) is 27.7 Å². The van der Waals surface area contributed by atoms with Gasteiger partial charge in [0.05, 0.1) is 11.9 Å². The van der Waals surface area contributed by atoms with Crippen LogP contribution in [0.5, 0.6) is 5.75 Å². The van der Waals surface area contributed by atoms with Gasteiger partial charge in [-0.15, -0.1) is 0 Å². The summed E-state index contributed by atoms with van der Waals surface area (Å²) >= 11 is 4.65. The molecular formula is C13H12N4O2S. The lowest BCUT2D eigenvalue weighted by Gasteiger charge is -2.05. The Balaban J connectivity index is 2.40. The lowest BCUT2D eigenvalue weighted by Crippen LogP contribution is -2.24. The molecule has 0 bridgehead atoms. The van der Waals surface area contributed by atoms with E-state index in [0.717, 1.165) is 10.8 Å². The number of ether oxygens (including phenoxy) is 1. The predicted molar refractivity (Wildman–Crippen MR) is 80.6 cm³/mol. The minimum Gasteiger partial charge on any atom is -0.427 e. The topological polar surface area (TPSA) is 89.6 Å². The standard InChI is InChI=1S/C13H12N4O2S/c1-8(18)19-10-3-2-9-4-5-15-12(11(9)6-10)7-16-17-13(14)20/h2-7H,1H3,(H3,14,17,20)/b16-7-. The minimum absolute atomic E-state index is 0.0714. The number of nitrogens with one attached hydrogen (secondary N) is 1. The van der Waals surface area contributed by atoms with Crippen molar-refractivity contribution in [3.05, 3.63) is 36.2 Å². The van der Waals surface area contributed by atoms with Crippen LogP contribution in [0.2, 0.25) is 0 Å². The summed E-state index contributed by atoms with van der Waals surface area (Å²) in [7, 11) is 0. The quantitative estimate of drug-likeness (QED) is 0.291. The van der Waals surface area contributed by atoms with Crippen molar-refractivity contribution in [2.24, 2.45) is 10.8 Å². The second kappa shape index (κ2) is 6.07. The molecule has 1 heterocycles. The lowest BCUT2D eigenvalue weighted by atomic mass is 10.1. The van der Waals surface area contributed by atoms with Crippen molar-refractivity contribution in [2.45, 2.75) is 6.92 Å². The predicted octanol–water partition coefficient (Wildman–Crippen LogP) is 1.33. The smallest absolute Gasteiger partial charge is 0.308 e. The second-order valence-corrected chi connectivity index (χ2v) is 4.35. The molecule has 6 nitrogen and oxygen atoms in total. The number of fused-ring (bicyclic) bond motifs is 1. The number of pyridine rings is 1. The average Bonchev–Trinajstić information content (AvgIpc) is 2.38. The molecule has 0 fully saturated rings. The molecule has 102 valence electrons. The number of esters is 1. The van der Waals surface area contributed by atoms with Gasteiger partial charge in [0.2, 0.25) is 0 Å². The summed E-state index contributed by atoms with van der Waals surface area (Å²) in [5.74, 6) is 0.0774. The molecular weight excluding hydrogens is 276 g/mol. The molecule has 2 rings (SSSR count). The van der Waals surface area contributed by atoms with E-state index >= 15 is 0 Å². The zero-order valence-electron chi connectivity index (χ0n) is 10.7. The van der Waals surface area contributed by atoms with E-state index in [1.165, 1.54) is 13.1 Å². The summed E-state index contributed by atoms with van der Waals surface area (Å²) in [6.45, 7) is 1.35. The fourth-order valence-electron chi connectivity index (χ4n) is 1.66. The van der Waals surface area contributed by atoms with E-state index in [-0.39, 0.29) is 11.1 Å². The molecule has 0 aliphatic carbocycles. The SMILES string of the molecule is CC(=O)Oc1ccc2ccnc(/C=N\NC(N)=S)c2c1. The van der Waals surface area contributed by atoms with E-state index in [4.69, 9.17) is 10.5 Å². The van der Waals surface area contributed by atoms with Crippen LogP contribution >= 0.6 is 12.2 Å². The van der Waals surface area contributed by atoms with Crippen molar-refractivity contribution in [2.75, 3.05) is 0 Å². The fourth-order valence-corrected chi connectivity index (χ4v) is 1.71. The average molecular weight is 288 g/mol. The Labute approximate surface area is 120 Å². The van der Waals surface area contributed by atoms with Crippen LogP contribution in [0.25, 0.3) is 10.8 Å². The third-order valence-corrected chi connectivity index (χ3v) is 2.48. The maximum Gasteiger partial charge on any atom is 0.308 e. The normalized spacial score (nSPS) is 10.7. The first kappa shape index (κ1) is 13.9. The van der Waals surface area contributed by atoms with Crippen molar-refractivity contribution >= 4 is 40.3 Å². The van der Waals surface area contributed by atoms with Crippen LogP contribution in [0.15, 0.2) is 35.6 Å². The van der Waals surface area contributed by atoms with Gasteiger partial charge in [-0.1, -0.05) is 6.07 Å². The third kappa shape index (κ3) is 3.48. The number of benzene rings is 1. The molecule has 0 saturated heterocycles. The molecule has 0 aliphatic heterocycles. The summed E-state index contributed by atoms with van der Waals surface area (Å²) in [5.41, 5.74) is 8.35. The Kier molecular flexibility index (Phi) is 4.21. The molecule has 7 heteroatoms. The molecule has 0 aliphatic rings. The summed E-state index contributed by atoms with van der Waals surface area (Å²) < 4.78 is 5.05. The summed E-state index contributed by atoms with van der Waals surface area (Å²) in [5, 5.41) is 5.70. The highest BCUT2D eigenvalue weighted by atomic mass is 32.1. The largest absolute Gasteiger partial charge is 0.427 e. The number of rotatable bonds is 3. The van der Waals surface area contributed by atoms with Crippen LogP contribution in [0.4, 0.5) is 0 Å². The van der Waals surface area contributed by atoms with E-state index < -0.39 is 0 Å². The van der Waals surface area contributed by atoms with Crippen LogP contribution in [-0.4, -0.2) is 22.3 Å². The summed E-state index contributed by atoms with van der Waals surface area (Å²) in [6.07, 6.45) is 3.16. The monoisotopic (exact) mass is 288 g/mol. The number of hydrogen-bond donors (Lipinski definition) is 2. The van der Waals surface area contributed by atoms with Gasteiger partial charge >= 0.3 is 5.97 Å². The number of nitrogens with two attached hydrogens (primary N) is 1. The van der Waals surface area contributed by atoms with Crippen LogP contribution in [-0.2, 0) is 4.79 Å². The number of carbonyl (C=O) groups excluding carboxylic acids is 1. The fraction of sp³-hybridized carbons (Fsp3) is 0.0769. The number of nitrogens with zero attached hydrogens (tertiary/aromatic N) is 2. The van der Waals surface area contributed by atoms with Gasteiger partial charge in [-0.2, -0.15) is 5.10 Å². The molecule has 0 saturated carbocycles. The number of carbonyl (C=O) groups is 1. The van der Waals surface area contributed by atoms with Crippen LogP contribution in [0, 0.1) is 0 Å². The van der Waals surface area contributed by atoms with Crippen molar-refractivity contribution in [3.63, 3.8) is 0 Å². The first-order valence-electron chi connectivity index (χ1n) is 5.72. The van der Waals surface area contributed by atoms with E-state index in [0.29, 0.717) is 11.4 Å². The summed E-state index contributed by atoms with van der Waals surface area (Å²) in [4.78, 5) is 15.2. The Bertz CT molecular complexity index is 700. The van der Waals surface area contributed by atoms with Crippen molar-refractivity contribution in [1.29, 1.82) is 0 Å². The number of hydrogen-bond acceptors (Lipinski definition) is 5. The first-order chi connectivity index (χ1) is 9.56. The van der Waals surface area contributed by atoms with Gasteiger partial charge in [0.25, 0.3) is 0 Å². The van der Waals surface area contributed by atoms with Crippen LogP contribution < -0.4 is 15.9 Å². The van der Waals surface area contributed by atoms with Gasteiger partial charge in [-0.3, -0.25) is 15.2 Å². The van der Waals surface area contributed by atoms with Gasteiger partial charge < -0.3 is 10.5 Å². The van der Waals surface area contributed by atoms with Crippen molar-refractivity contribution < 1.29 is 9.53 Å². The highest BCUT2D eigenvalue weighted by Gasteiger charge is 2.04. The maximum absolute atomic E-state index is 11.0. The highest BCUT2D eigenvalue weighted by Crippen LogP contribution is 2.22. The van der Waals surface area contributed by atoms with Gasteiger partial charge in [0.1, 0.15) is 5.75 Å². The Hall–Kier alpha value is -2.54. The van der Waals surface area contributed by atoms with Crippen LogP contribution in [0.3, 0.4) is 0 Å². The van der Waals surface area contributed by atoms with E-state index in [1.807, 2.05) is 12.1 Å². The molecule has 2 aromatic rings. The molecule has 0 amide bonds. The molecule has 0 radical (unpaired) electrons. The zero-order valence-corrected chi connectivity index (χ0v) is 11.5. The van der Waals surface area contributed by atoms with Gasteiger partial charge in [-0.25, -0.2) is 0 Å². The minimum atomic E-state index is -0.376. The third-order valence-electron chi connectivity index (χ3n) is 2.39. The Morgan fingerprint density at radius 2 is 2.30 bits per heavy atom. The number of thiocarbonyl (C=S) groups is 1. The number of hydrazone groups is 1.